The van der Waals surface area contributed by atoms with Gasteiger partial charge < -0.3 is 35.4 Å². The van der Waals surface area contributed by atoms with Gasteiger partial charge in [0.1, 0.15) is 0 Å². The van der Waals surface area contributed by atoms with Crippen molar-refractivity contribution >= 4 is 34.2 Å². The van der Waals surface area contributed by atoms with Crippen LogP contribution >= 0.6 is 0 Å². The van der Waals surface area contributed by atoms with E-state index >= 15 is 0 Å². The number of hydrogen-bond acceptors (Lipinski definition) is 8. The van der Waals surface area contributed by atoms with E-state index in [0.29, 0.717) is 22.2 Å². The summed E-state index contributed by atoms with van der Waals surface area (Å²) in [4.78, 5) is 0. The first-order valence-corrected chi connectivity index (χ1v) is 32.3. The van der Waals surface area contributed by atoms with Crippen LogP contribution in [0.2, 0.25) is 22.2 Å². The quantitative estimate of drug-likeness (QED) is 0.0702. The second-order valence-electron chi connectivity index (χ2n) is 18.7. The molecule has 4 unspecified atom stereocenters. The molecule has 5 fully saturated rings. The first-order valence-electron chi connectivity index (χ1n) is 24.4. The standard InChI is InChI=1S/C44H88O8Si4/c1-9-13-33-45-37(5)53(41-25-17-18-26-41)49-54(42-27-19-20-28-42,38(6)46-34-14-10-2)51-56(44-31-23-24-32-44,40(8)48-36-16-12-4)52-55(50-53,43-29-21-22-30-43)39(7)47-35-15-11-3/h37-44H,9-36H2,1-8H3. The average molecular weight is 858 g/mol. The summed E-state index contributed by atoms with van der Waals surface area (Å²) in [5.41, 5.74) is 0.752. The molecule has 5 aliphatic rings. The van der Waals surface area contributed by atoms with Crippen molar-refractivity contribution < 1.29 is 35.4 Å². The van der Waals surface area contributed by atoms with Gasteiger partial charge in [-0.25, -0.2) is 0 Å². The summed E-state index contributed by atoms with van der Waals surface area (Å²) in [6.07, 6.45) is 27.5. The summed E-state index contributed by atoms with van der Waals surface area (Å²) in [6, 6.07) is 0. The molecule has 4 aliphatic carbocycles. The second-order valence-corrected chi connectivity index (χ2v) is 34.2. The highest BCUT2D eigenvalue weighted by Crippen LogP contribution is 2.58. The Hall–Kier alpha value is 0.548. The van der Waals surface area contributed by atoms with Crippen molar-refractivity contribution in [2.45, 2.75) is 255 Å². The van der Waals surface area contributed by atoms with Crippen LogP contribution in [0.4, 0.5) is 0 Å². The summed E-state index contributed by atoms with van der Waals surface area (Å²) in [5, 5.41) is 0. The van der Waals surface area contributed by atoms with Gasteiger partial charge in [0.05, 0.1) is 22.9 Å². The molecule has 1 aliphatic heterocycles. The molecule has 0 amide bonds. The molecule has 328 valence electrons. The van der Waals surface area contributed by atoms with Gasteiger partial charge in [-0.05, 0) is 105 Å². The summed E-state index contributed by atoms with van der Waals surface area (Å²) in [5.74, 6) is 0. The highest BCUT2D eigenvalue weighted by molar-refractivity contribution is 6.97. The molecule has 1 saturated heterocycles. The fraction of sp³-hybridized carbons (Fsp3) is 1.00. The molecule has 5 rings (SSSR count). The highest BCUT2D eigenvalue weighted by Gasteiger charge is 2.74. The lowest BCUT2D eigenvalue weighted by Gasteiger charge is -2.61. The van der Waals surface area contributed by atoms with Crippen LogP contribution in [0.15, 0.2) is 0 Å². The lowest BCUT2D eigenvalue weighted by Crippen LogP contribution is -2.81. The highest BCUT2D eigenvalue weighted by atomic mass is 28.5. The van der Waals surface area contributed by atoms with E-state index in [9.17, 15) is 0 Å². The lowest BCUT2D eigenvalue weighted by atomic mass is 10.4. The van der Waals surface area contributed by atoms with Crippen molar-refractivity contribution in [2.24, 2.45) is 0 Å². The molecule has 8 nitrogen and oxygen atoms in total. The molecule has 0 aromatic carbocycles. The van der Waals surface area contributed by atoms with Crippen molar-refractivity contribution in [1.29, 1.82) is 0 Å². The molecule has 0 aromatic heterocycles. The van der Waals surface area contributed by atoms with Crippen LogP contribution in [0, 0.1) is 0 Å². The van der Waals surface area contributed by atoms with E-state index in [2.05, 4.69) is 55.4 Å². The van der Waals surface area contributed by atoms with Crippen LogP contribution in [-0.2, 0) is 35.4 Å². The third-order valence-corrected chi connectivity index (χ3v) is 37.0. The molecule has 1 heterocycles. The normalized spacial score (nSPS) is 33.9. The van der Waals surface area contributed by atoms with Gasteiger partial charge in [-0.15, -0.1) is 0 Å². The maximum absolute atomic E-state index is 8.66. The van der Waals surface area contributed by atoms with E-state index in [1.165, 1.54) is 51.4 Å². The van der Waals surface area contributed by atoms with Crippen LogP contribution in [0.3, 0.4) is 0 Å². The third-order valence-electron chi connectivity index (χ3n) is 14.7. The number of hydrogen-bond donors (Lipinski definition) is 0. The van der Waals surface area contributed by atoms with Crippen molar-refractivity contribution in [3.8, 4) is 0 Å². The van der Waals surface area contributed by atoms with Gasteiger partial charge >= 0.3 is 34.2 Å². The van der Waals surface area contributed by atoms with Gasteiger partial charge in [0.25, 0.3) is 0 Å². The Morgan fingerprint density at radius 1 is 0.357 bits per heavy atom. The van der Waals surface area contributed by atoms with Gasteiger partial charge in [0.2, 0.25) is 0 Å². The summed E-state index contributed by atoms with van der Waals surface area (Å²) < 4.78 is 63.1. The number of unbranched alkanes of at least 4 members (excludes halogenated alkanes) is 4. The van der Waals surface area contributed by atoms with E-state index in [0.717, 1.165) is 129 Å². The Morgan fingerprint density at radius 2 is 0.536 bits per heavy atom. The van der Waals surface area contributed by atoms with E-state index in [-0.39, 0.29) is 22.9 Å². The molecule has 0 spiro atoms. The minimum Gasteiger partial charge on any atom is -0.412 e. The Labute approximate surface area is 349 Å². The van der Waals surface area contributed by atoms with E-state index in [1.54, 1.807) is 0 Å². The minimum absolute atomic E-state index is 0.143. The Morgan fingerprint density at radius 3 is 0.696 bits per heavy atom. The van der Waals surface area contributed by atoms with Crippen LogP contribution in [0.5, 0.6) is 0 Å². The Bertz CT molecular complexity index is 919. The van der Waals surface area contributed by atoms with E-state index in [1.807, 2.05) is 0 Å². The third kappa shape index (κ3) is 10.8. The molecule has 0 N–H and O–H groups in total. The maximum Gasteiger partial charge on any atom is 0.353 e. The molecule has 0 bridgehead atoms. The molecular formula is C44H88O8Si4. The van der Waals surface area contributed by atoms with Gasteiger partial charge in [-0.3, -0.25) is 0 Å². The van der Waals surface area contributed by atoms with E-state index in [4.69, 9.17) is 35.4 Å². The molecule has 0 radical (unpaired) electrons. The molecule has 4 atom stereocenters. The topological polar surface area (TPSA) is 73.8 Å². The van der Waals surface area contributed by atoms with Gasteiger partial charge in [0, 0.05) is 48.6 Å². The predicted molar refractivity (Wildman–Crippen MR) is 238 cm³/mol. The van der Waals surface area contributed by atoms with Crippen molar-refractivity contribution in [3.05, 3.63) is 0 Å². The molecule has 4 saturated carbocycles. The monoisotopic (exact) mass is 857 g/mol. The van der Waals surface area contributed by atoms with Gasteiger partial charge in [-0.1, -0.05) is 105 Å². The first-order chi connectivity index (χ1) is 27.2. The van der Waals surface area contributed by atoms with Crippen molar-refractivity contribution in [3.63, 3.8) is 0 Å². The predicted octanol–water partition coefficient (Wildman–Crippen LogP) is 12.6. The summed E-state index contributed by atoms with van der Waals surface area (Å²) in [7, 11) is -13.2. The van der Waals surface area contributed by atoms with Crippen LogP contribution in [0.1, 0.15) is 209 Å². The maximum atomic E-state index is 8.66. The zero-order valence-electron chi connectivity index (χ0n) is 37.7. The van der Waals surface area contributed by atoms with Crippen LogP contribution in [-0.4, -0.2) is 83.6 Å². The molecular weight excluding hydrogens is 769 g/mol. The lowest BCUT2D eigenvalue weighted by molar-refractivity contribution is 0.0179. The zero-order chi connectivity index (χ0) is 40.1. The largest absolute Gasteiger partial charge is 0.412 e. The van der Waals surface area contributed by atoms with Gasteiger partial charge in [0.15, 0.2) is 0 Å². The fourth-order valence-electron chi connectivity index (χ4n) is 11.1. The average Bonchev–Trinajstić information content (AvgIpc) is 4.04. The summed E-state index contributed by atoms with van der Waals surface area (Å²) >= 11 is 0. The van der Waals surface area contributed by atoms with Gasteiger partial charge in [-0.2, -0.15) is 0 Å². The SMILES string of the molecule is CCCCOC(C)[Si]1(C2CCCC2)O[Si](C2CCCC2)(C(C)OCCCC)O[Si](C2CCCC2)(C(C)OCCCC)O[Si](C2CCCC2)(C(C)OCCCC)O1. The Balaban J connectivity index is 1.82. The Kier molecular flexibility index (Phi) is 19.7. The van der Waals surface area contributed by atoms with Crippen LogP contribution < -0.4 is 0 Å². The molecule has 56 heavy (non-hydrogen) atoms. The number of rotatable bonds is 24. The second kappa shape index (κ2) is 23.1. The van der Waals surface area contributed by atoms with Crippen molar-refractivity contribution in [1.82, 2.24) is 0 Å². The van der Waals surface area contributed by atoms with Crippen LogP contribution in [0.25, 0.3) is 0 Å². The van der Waals surface area contributed by atoms with Crippen molar-refractivity contribution in [2.75, 3.05) is 26.4 Å². The smallest absolute Gasteiger partial charge is 0.353 e. The first kappa shape index (κ1) is 47.6. The summed E-state index contributed by atoms with van der Waals surface area (Å²) in [6.45, 7) is 21.4. The van der Waals surface area contributed by atoms with E-state index < -0.39 is 34.2 Å². The molecule has 0 aromatic rings. The zero-order valence-corrected chi connectivity index (χ0v) is 41.7. The molecule has 12 heteroatoms. The minimum atomic E-state index is -3.31. The fourth-order valence-corrected chi connectivity index (χ4v) is 40.8. The number of ether oxygens (including phenoxy) is 4.